The van der Waals surface area contributed by atoms with E-state index in [2.05, 4.69) is 10.2 Å². The topological polar surface area (TPSA) is 51.0 Å². The van der Waals surface area contributed by atoms with Crippen molar-refractivity contribution in [2.75, 3.05) is 13.1 Å². The lowest BCUT2D eigenvalue weighted by Crippen LogP contribution is -2.39. The van der Waals surface area contributed by atoms with E-state index in [0.29, 0.717) is 13.1 Å². The van der Waals surface area contributed by atoms with E-state index in [0.717, 1.165) is 43.3 Å². The Balaban J connectivity index is 1.69. The first kappa shape index (κ1) is 15.6. The number of hydrogen-bond donors (Lipinski definition) is 0. The van der Waals surface area contributed by atoms with Crippen LogP contribution in [0.25, 0.3) is 0 Å². The number of amides is 1. The summed E-state index contributed by atoms with van der Waals surface area (Å²) in [4.78, 5) is 14.0. The molecule has 0 radical (unpaired) electrons. The molecule has 1 aromatic carbocycles. The number of rotatable bonds is 3. The van der Waals surface area contributed by atoms with Crippen molar-refractivity contribution in [1.29, 1.82) is 0 Å². The highest BCUT2D eigenvalue weighted by molar-refractivity contribution is 5.94. The van der Waals surface area contributed by atoms with E-state index < -0.39 is 17.5 Å². The average molecular weight is 320 g/mol. The summed E-state index contributed by atoms with van der Waals surface area (Å²) < 4.78 is 29.0. The van der Waals surface area contributed by atoms with Crippen LogP contribution in [0.2, 0.25) is 0 Å². The molecule has 1 saturated heterocycles. The van der Waals surface area contributed by atoms with Crippen molar-refractivity contribution in [3.63, 3.8) is 0 Å². The minimum absolute atomic E-state index is 0.206. The van der Waals surface area contributed by atoms with Gasteiger partial charge < -0.3 is 9.47 Å². The van der Waals surface area contributed by atoms with Gasteiger partial charge in [-0.15, -0.1) is 10.2 Å². The summed E-state index contributed by atoms with van der Waals surface area (Å²) >= 11 is 0. The second-order valence-corrected chi connectivity index (χ2v) is 5.66. The van der Waals surface area contributed by atoms with Crippen molar-refractivity contribution in [2.45, 2.75) is 32.2 Å². The Kier molecular flexibility index (Phi) is 4.36. The molecular weight excluding hydrogens is 302 g/mol. The maximum atomic E-state index is 13.7. The van der Waals surface area contributed by atoms with E-state index in [-0.39, 0.29) is 11.6 Å². The molecule has 1 aromatic heterocycles. The maximum Gasteiger partial charge on any atom is 0.256 e. The van der Waals surface area contributed by atoms with E-state index in [1.54, 1.807) is 11.2 Å². The maximum absolute atomic E-state index is 13.7. The van der Waals surface area contributed by atoms with E-state index in [1.165, 1.54) is 0 Å². The first-order chi connectivity index (χ1) is 11.1. The Labute approximate surface area is 132 Å². The molecule has 2 aromatic rings. The largest absolute Gasteiger partial charge is 0.338 e. The Morgan fingerprint density at radius 3 is 2.74 bits per heavy atom. The lowest BCUT2D eigenvalue weighted by molar-refractivity contribution is 0.0688. The minimum atomic E-state index is -0.689. The Bertz CT molecular complexity index is 708. The predicted molar refractivity (Wildman–Crippen MR) is 79.9 cm³/mol. The molecule has 3 rings (SSSR count). The van der Waals surface area contributed by atoms with Crippen molar-refractivity contribution >= 4 is 5.91 Å². The fraction of sp³-hybridized carbons (Fsp3) is 0.438. The SMILES string of the molecule is CCc1nncn1C1CCN(C(=O)c2cc(F)ccc2F)CC1. The van der Waals surface area contributed by atoms with E-state index in [4.69, 9.17) is 0 Å². The van der Waals surface area contributed by atoms with Gasteiger partial charge in [0.05, 0.1) is 5.56 Å². The number of halogens is 2. The zero-order valence-corrected chi connectivity index (χ0v) is 12.9. The summed E-state index contributed by atoms with van der Waals surface area (Å²) in [7, 11) is 0. The van der Waals surface area contributed by atoms with Crippen LogP contribution in [-0.2, 0) is 6.42 Å². The van der Waals surface area contributed by atoms with Crippen LogP contribution in [0.15, 0.2) is 24.5 Å². The van der Waals surface area contributed by atoms with Crippen molar-refractivity contribution in [2.24, 2.45) is 0 Å². The third-order valence-corrected chi connectivity index (χ3v) is 4.27. The van der Waals surface area contributed by atoms with Gasteiger partial charge in [-0.3, -0.25) is 4.79 Å². The van der Waals surface area contributed by atoms with Crippen LogP contribution >= 0.6 is 0 Å². The number of carbonyl (C=O) groups excluding carboxylic acids is 1. The number of aromatic nitrogens is 3. The van der Waals surface area contributed by atoms with Gasteiger partial charge in [0.25, 0.3) is 5.91 Å². The Hall–Kier alpha value is -2.31. The number of piperidine rings is 1. The third-order valence-electron chi connectivity index (χ3n) is 4.27. The highest BCUT2D eigenvalue weighted by atomic mass is 19.1. The Morgan fingerprint density at radius 2 is 2.04 bits per heavy atom. The van der Waals surface area contributed by atoms with Crippen LogP contribution in [0.4, 0.5) is 8.78 Å². The fourth-order valence-corrected chi connectivity index (χ4v) is 3.00. The molecule has 0 aliphatic carbocycles. The van der Waals surface area contributed by atoms with Crippen molar-refractivity contribution in [1.82, 2.24) is 19.7 Å². The normalized spacial score (nSPS) is 15.9. The molecule has 1 aliphatic heterocycles. The number of likely N-dealkylation sites (tertiary alicyclic amines) is 1. The number of nitrogens with zero attached hydrogens (tertiary/aromatic N) is 4. The summed E-state index contributed by atoms with van der Waals surface area (Å²) in [5, 5.41) is 8.01. The Morgan fingerprint density at radius 1 is 1.30 bits per heavy atom. The minimum Gasteiger partial charge on any atom is -0.338 e. The summed E-state index contributed by atoms with van der Waals surface area (Å²) in [5.41, 5.74) is -0.206. The molecule has 23 heavy (non-hydrogen) atoms. The average Bonchev–Trinajstić information content (AvgIpc) is 3.05. The molecule has 0 saturated carbocycles. The molecule has 1 aliphatic rings. The molecule has 1 fully saturated rings. The summed E-state index contributed by atoms with van der Waals surface area (Å²) in [6, 6.07) is 3.19. The van der Waals surface area contributed by atoms with Crippen LogP contribution in [0.1, 0.15) is 42.0 Å². The van der Waals surface area contributed by atoms with Gasteiger partial charge in [-0.1, -0.05) is 6.92 Å². The van der Waals surface area contributed by atoms with E-state index in [9.17, 15) is 13.6 Å². The lowest BCUT2D eigenvalue weighted by atomic mass is 10.0. The molecule has 122 valence electrons. The van der Waals surface area contributed by atoms with Gasteiger partial charge in [0, 0.05) is 25.6 Å². The quantitative estimate of drug-likeness (QED) is 0.873. The molecule has 5 nitrogen and oxygen atoms in total. The molecule has 0 N–H and O–H groups in total. The molecule has 0 atom stereocenters. The smallest absolute Gasteiger partial charge is 0.256 e. The van der Waals surface area contributed by atoms with Crippen molar-refractivity contribution in [3.05, 3.63) is 47.5 Å². The monoisotopic (exact) mass is 320 g/mol. The van der Waals surface area contributed by atoms with Crippen LogP contribution in [0.5, 0.6) is 0 Å². The van der Waals surface area contributed by atoms with Gasteiger partial charge in [-0.2, -0.15) is 0 Å². The van der Waals surface area contributed by atoms with Crippen molar-refractivity contribution < 1.29 is 13.6 Å². The van der Waals surface area contributed by atoms with Gasteiger partial charge >= 0.3 is 0 Å². The first-order valence-corrected chi connectivity index (χ1v) is 7.73. The number of hydrogen-bond acceptors (Lipinski definition) is 3. The highest BCUT2D eigenvalue weighted by Crippen LogP contribution is 2.25. The molecule has 0 spiro atoms. The van der Waals surface area contributed by atoms with Gasteiger partial charge in [-0.25, -0.2) is 8.78 Å². The second kappa shape index (κ2) is 6.44. The summed E-state index contributed by atoms with van der Waals surface area (Å²) in [6.45, 7) is 3.02. The number of benzene rings is 1. The van der Waals surface area contributed by atoms with Crippen LogP contribution < -0.4 is 0 Å². The number of carbonyl (C=O) groups is 1. The molecular formula is C16H18F2N4O. The first-order valence-electron chi connectivity index (χ1n) is 7.73. The molecule has 2 heterocycles. The second-order valence-electron chi connectivity index (χ2n) is 5.66. The van der Waals surface area contributed by atoms with E-state index in [1.807, 2.05) is 11.5 Å². The summed E-state index contributed by atoms with van der Waals surface area (Å²) in [5.74, 6) is -0.835. The van der Waals surface area contributed by atoms with Crippen molar-refractivity contribution in [3.8, 4) is 0 Å². The van der Waals surface area contributed by atoms with Crippen LogP contribution in [0.3, 0.4) is 0 Å². The molecule has 7 heteroatoms. The van der Waals surface area contributed by atoms with Crippen LogP contribution in [0, 0.1) is 11.6 Å². The molecule has 1 amide bonds. The third kappa shape index (κ3) is 3.09. The zero-order valence-electron chi connectivity index (χ0n) is 12.9. The van der Waals surface area contributed by atoms with E-state index >= 15 is 0 Å². The zero-order chi connectivity index (χ0) is 16.4. The van der Waals surface area contributed by atoms with Gasteiger partial charge in [0.2, 0.25) is 0 Å². The fourth-order valence-electron chi connectivity index (χ4n) is 3.00. The lowest BCUT2D eigenvalue weighted by Gasteiger charge is -2.33. The predicted octanol–water partition coefficient (Wildman–Crippen LogP) is 2.60. The summed E-state index contributed by atoms with van der Waals surface area (Å²) in [6.07, 6.45) is 4.00. The van der Waals surface area contributed by atoms with Crippen LogP contribution in [-0.4, -0.2) is 38.7 Å². The highest BCUT2D eigenvalue weighted by Gasteiger charge is 2.27. The van der Waals surface area contributed by atoms with Gasteiger partial charge in [0.15, 0.2) is 0 Å². The van der Waals surface area contributed by atoms with Gasteiger partial charge in [-0.05, 0) is 31.0 Å². The molecule has 0 bridgehead atoms. The standard InChI is InChI=1S/C16H18F2N4O/c1-2-15-20-19-10-22(15)12-5-7-21(8-6-12)16(23)13-9-11(17)3-4-14(13)18/h3-4,9-10,12H,2,5-8H2,1H3. The number of aryl methyl sites for hydroxylation is 1. The van der Waals surface area contributed by atoms with Gasteiger partial charge in [0.1, 0.15) is 23.8 Å². The molecule has 0 unspecified atom stereocenters.